The van der Waals surface area contributed by atoms with Crippen LogP contribution in [0.5, 0.6) is 11.6 Å². The van der Waals surface area contributed by atoms with E-state index in [0.29, 0.717) is 55.4 Å². The number of alkyl halides is 1. The minimum absolute atomic E-state index is 0.0112. The number of carbonyl (C=O) groups is 2. The predicted molar refractivity (Wildman–Crippen MR) is 142 cm³/mol. The number of halogens is 1. The van der Waals surface area contributed by atoms with E-state index in [1.807, 2.05) is 25.1 Å². The molecule has 2 aliphatic carbocycles. The van der Waals surface area contributed by atoms with Gasteiger partial charge in [0.05, 0.1) is 17.9 Å². The number of nitrogens with one attached hydrogen (secondary N) is 2. The van der Waals surface area contributed by atoms with Crippen molar-refractivity contribution in [1.82, 2.24) is 25.5 Å². The Morgan fingerprint density at radius 1 is 1.21 bits per heavy atom. The lowest BCUT2D eigenvalue weighted by Gasteiger charge is -2.59. The summed E-state index contributed by atoms with van der Waals surface area (Å²) >= 11 is 0. The van der Waals surface area contributed by atoms with Gasteiger partial charge in [0.25, 0.3) is 11.8 Å². The van der Waals surface area contributed by atoms with Crippen molar-refractivity contribution in [3.63, 3.8) is 0 Å². The Labute approximate surface area is 227 Å². The molecule has 4 heterocycles. The Balaban J connectivity index is 1.15. The third kappa shape index (κ3) is 5.06. The molecule has 2 aromatic rings. The molecular weight excluding hydrogens is 501 g/mol. The molecule has 2 aromatic heterocycles. The fourth-order valence-electron chi connectivity index (χ4n) is 6.49. The van der Waals surface area contributed by atoms with Crippen LogP contribution in [-0.4, -0.2) is 77.3 Å². The van der Waals surface area contributed by atoms with Crippen LogP contribution in [0.1, 0.15) is 62.4 Å². The van der Waals surface area contributed by atoms with Gasteiger partial charge in [0, 0.05) is 37.3 Å². The Hall–Kier alpha value is -3.27. The summed E-state index contributed by atoms with van der Waals surface area (Å²) in [5.74, 6) is 0.286. The van der Waals surface area contributed by atoms with E-state index in [0.717, 1.165) is 45.2 Å². The molecule has 208 valence electrons. The van der Waals surface area contributed by atoms with Crippen LogP contribution in [0.2, 0.25) is 0 Å². The van der Waals surface area contributed by atoms with Gasteiger partial charge in [-0.15, -0.1) is 0 Å². The lowest BCUT2D eigenvalue weighted by atomic mass is 9.61. The number of hydrogen-bond donors (Lipinski definition) is 2. The van der Waals surface area contributed by atoms with Crippen LogP contribution >= 0.6 is 0 Å². The lowest BCUT2D eigenvalue weighted by molar-refractivity contribution is -0.171. The van der Waals surface area contributed by atoms with Crippen LogP contribution in [0.3, 0.4) is 0 Å². The molecule has 1 atom stereocenters. The van der Waals surface area contributed by atoms with Crippen LogP contribution in [0, 0.1) is 5.41 Å². The van der Waals surface area contributed by atoms with E-state index < -0.39 is 5.67 Å². The van der Waals surface area contributed by atoms with Crippen molar-refractivity contribution in [3.8, 4) is 22.9 Å². The van der Waals surface area contributed by atoms with Gasteiger partial charge in [-0.1, -0.05) is 0 Å². The van der Waals surface area contributed by atoms with Crippen molar-refractivity contribution in [2.45, 2.75) is 69.7 Å². The molecule has 2 aliphatic heterocycles. The quantitative estimate of drug-likeness (QED) is 0.532. The molecule has 2 N–H and O–H groups in total. The summed E-state index contributed by atoms with van der Waals surface area (Å²) in [4.78, 5) is 36.8. The second-order valence-electron chi connectivity index (χ2n) is 11.5. The molecule has 2 saturated carbocycles. The summed E-state index contributed by atoms with van der Waals surface area (Å²) in [7, 11) is 0. The standard InChI is InChI=1S/C29H36FN5O4/c1-2-38-26-21(6-5-12-32-26)22-7-8-23(24(34-22)25(36)33-19-9-13-31-16-19)39-20-14-28(15-20)17-35(18-28)27(37)29(30)10-3-4-11-29/h5-8,12,19-20,31H,2-4,9-11,13-18H2,1H3,(H,33,36). The molecule has 1 unspecified atom stereocenters. The van der Waals surface area contributed by atoms with Crippen molar-refractivity contribution >= 4 is 11.8 Å². The number of hydrogen-bond acceptors (Lipinski definition) is 7. The van der Waals surface area contributed by atoms with Gasteiger partial charge in [-0.25, -0.2) is 14.4 Å². The number of carbonyl (C=O) groups excluding carboxylic acids is 2. The minimum Gasteiger partial charge on any atom is -0.488 e. The fourth-order valence-corrected chi connectivity index (χ4v) is 6.49. The van der Waals surface area contributed by atoms with Crippen LogP contribution in [-0.2, 0) is 4.79 Å². The summed E-state index contributed by atoms with van der Waals surface area (Å²) in [5.41, 5.74) is -0.154. The van der Waals surface area contributed by atoms with E-state index in [4.69, 9.17) is 14.5 Å². The molecule has 39 heavy (non-hydrogen) atoms. The smallest absolute Gasteiger partial charge is 0.274 e. The van der Waals surface area contributed by atoms with Crippen molar-refractivity contribution in [2.24, 2.45) is 5.41 Å². The SMILES string of the molecule is CCOc1ncccc1-c1ccc(OC2CC3(C2)CN(C(=O)C2(F)CCCC2)C3)c(C(=O)NC2CCNC2)n1. The Morgan fingerprint density at radius 2 is 2.00 bits per heavy atom. The first-order valence-electron chi connectivity index (χ1n) is 14.1. The molecule has 6 rings (SSSR count). The second-order valence-corrected chi connectivity index (χ2v) is 11.5. The fraction of sp³-hybridized carbons (Fsp3) is 0.586. The average molecular weight is 538 g/mol. The maximum atomic E-state index is 14.9. The van der Waals surface area contributed by atoms with Gasteiger partial charge in [-0.3, -0.25) is 9.59 Å². The molecule has 4 aliphatic rings. The van der Waals surface area contributed by atoms with Crippen molar-refractivity contribution in [2.75, 3.05) is 32.8 Å². The summed E-state index contributed by atoms with van der Waals surface area (Å²) in [6.45, 7) is 5.10. The van der Waals surface area contributed by atoms with E-state index in [-0.39, 0.29) is 35.1 Å². The number of rotatable bonds is 8. The first kappa shape index (κ1) is 26.0. The second kappa shape index (κ2) is 10.4. The van der Waals surface area contributed by atoms with E-state index in [1.54, 1.807) is 17.2 Å². The molecule has 10 heteroatoms. The van der Waals surface area contributed by atoms with Crippen LogP contribution < -0.4 is 20.1 Å². The van der Waals surface area contributed by atoms with E-state index in [9.17, 15) is 14.0 Å². The normalized spacial score (nSPS) is 23.2. The third-order valence-corrected chi connectivity index (χ3v) is 8.53. The van der Waals surface area contributed by atoms with Gasteiger partial charge in [0.2, 0.25) is 5.88 Å². The Kier molecular flexibility index (Phi) is 6.91. The Bertz CT molecular complexity index is 1230. The van der Waals surface area contributed by atoms with Crippen LogP contribution in [0.15, 0.2) is 30.5 Å². The van der Waals surface area contributed by atoms with E-state index in [1.165, 1.54) is 0 Å². The summed E-state index contributed by atoms with van der Waals surface area (Å²) < 4.78 is 26.9. The molecule has 0 radical (unpaired) electrons. The molecule has 1 spiro atoms. The highest BCUT2D eigenvalue weighted by Crippen LogP contribution is 2.51. The van der Waals surface area contributed by atoms with Crippen molar-refractivity contribution in [3.05, 3.63) is 36.2 Å². The summed E-state index contributed by atoms with van der Waals surface area (Å²) in [6, 6.07) is 7.34. The topological polar surface area (TPSA) is 106 Å². The molecule has 2 amide bonds. The number of pyridine rings is 2. The van der Waals surface area contributed by atoms with Gasteiger partial charge in [-0.05, 0) is 82.7 Å². The summed E-state index contributed by atoms with van der Waals surface area (Å²) in [5, 5.41) is 6.34. The average Bonchev–Trinajstić information content (AvgIpc) is 3.57. The first-order valence-corrected chi connectivity index (χ1v) is 14.1. The molecular formula is C29H36FN5O4. The molecule has 4 fully saturated rings. The third-order valence-electron chi connectivity index (χ3n) is 8.53. The van der Waals surface area contributed by atoms with Crippen molar-refractivity contribution < 1.29 is 23.5 Å². The highest BCUT2D eigenvalue weighted by molar-refractivity contribution is 5.96. The minimum atomic E-state index is -1.66. The highest BCUT2D eigenvalue weighted by atomic mass is 19.1. The summed E-state index contributed by atoms with van der Waals surface area (Å²) in [6.07, 6.45) is 6.22. The zero-order valence-corrected chi connectivity index (χ0v) is 22.4. The van der Waals surface area contributed by atoms with Crippen LogP contribution in [0.4, 0.5) is 4.39 Å². The van der Waals surface area contributed by atoms with Gasteiger partial charge < -0.3 is 25.0 Å². The van der Waals surface area contributed by atoms with Crippen LogP contribution in [0.25, 0.3) is 11.3 Å². The molecule has 0 bridgehead atoms. The van der Waals surface area contributed by atoms with Gasteiger partial charge in [-0.2, -0.15) is 0 Å². The largest absolute Gasteiger partial charge is 0.488 e. The maximum absolute atomic E-state index is 14.9. The number of ether oxygens (including phenoxy) is 2. The van der Waals surface area contributed by atoms with Gasteiger partial charge in [0.1, 0.15) is 6.10 Å². The highest BCUT2D eigenvalue weighted by Gasteiger charge is 2.58. The number of nitrogens with zero attached hydrogens (tertiary/aromatic N) is 3. The molecule has 9 nitrogen and oxygen atoms in total. The van der Waals surface area contributed by atoms with E-state index >= 15 is 0 Å². The molecule has 0 aromatic carbocycles. The first-order chi connectivity index (χ1) is 18.9. The zero-order chi connectivity index (χ0) is 27.0. The van der Waals surface area contributed by atoms with Crippen molar-refractivity contribution in [1.29, 1.82) is 0 Å². The predicted octanol–water partition coefficient (Wildman–Crippen LogP) is 3.29. The van der Waals surface area contributed by atoms with Gasteiger partial charge >= 0.3 is 0 Å². The number of likely N-dealkylation sites (tertiary alicyclic amines) is 1. The lowest BCUT2D eigenvalue weighted by Crippen LogP contribution is -2.68. The maximum Gasteiger partial charge on any atom is 0.274 e. The molecule has 2 saturated heterocycles. The number of aromatic nitrogens is 2. The number of amides is 2. The monoisotopic (exact) mass is 537 g/mol. The zero-order valence-electron chi connectivity index (χ0n) is 22.4. The van der Waals surface area contributed by atoms with Gasteiger partial charge in [0.15, 0.2) is 17.1 Å². The van der Waals surface area contributed by atoms with E-state index in [2.05, 4.69) is 15.6 Å². The Morgan fingerprint density at radius 3 is 2.72 bits per heavy atom.